The second kappa shape index (κ2) is 7.01. The van der Waals surface area contributed by atoms with E-state index < -0.39 is 0 Å². The smallest absolute Gasteiger partial charge is 0.0771 e. The van der Waals surface area contributed by atoms with Gasteiger partial charge < -0.3 is 5.73 Å². The SMILES string of the molecule is CCC1CCCCN1Cc1ccc(CC(N)=S)cc1. The average molecular weight is 276 g/mol. The molecule has 1 heterocycles. The molecule has 1 aromatic carbocycles. The molecule has 2 nitrogen and oxygen atoms in total. The fourth-order valence-electron chi connectivity index (χ4n) is 2.93. The zero-order chi connectivity index (χ0) is 13.7. The molecule has 104 valence electrons. The van der Waals surface area contributed by atoms with E-state index in [4.69, 9.17) is 18.0 Å². The number of hydrogen-bond acceptors (Lipinski definition) is 2. The minimum Gasteiger partial charge on any atom is -0.393 e. The zero-order valence-electron chi connectivity index (χ0n) is 11.8. The van der Waals surface area contributed by atoms with E-state index >= 15 is 0 Å². The first-order chi connectivity index (χ1) is 9.19. The Bertz CT molecular complexity index is 413. The number of nitrogens with zero attached hydrogens (tertiary/aromatic N) is 1. The number of nitrogens with two attached hydrogens (primary N) is 1. The Morgan fingerprint density at radius 3 is 2.58 bits per heavy atom. The van der Waals surface area contributed by atoms with Crippen LogP contribution in [-0.2, 0) is 13.0 Å². The van der Waals surface area contributed by atoms with E-state index in [0.29, 0.717) is 11.4 Å². The van der Waals surface area contributed by atoms with Crippen LogP contribution in [-0.4, -0.2) is 22.5 Å². The summed E-state index contributed by atoms with van der Waals surface area (Å²) in [6.45, 7) is 4.62. The highest BCUT2D eigenvalue weighted by molar-refractivity contribution is 7.80. The first kappa shape index (κ1) is 14.5. The second-order valence-electron chi connectivity index (χ2n) is 5.49. The largest absolute Gasteiger partial charge is 0.393 e. The summed E-state index contributed by atoms with van der Waals surface area (Å²) in [5.41, 5.74) is 8.18. The molecule has 3 heteroatoms. The van der Waals surface area contributed by atoms with E-state index in [0.717, 1.165) is 12.6 Å². The first-order valence-electron chi connectivity index (χ1n) is 7.29. The van der Waals surface area contributed by atoms with Crippen molar-refractivity contribution in [3.05, 3.63) is 35.4 Å². The number of hydrogen-bond donors (Lipinski definition) is 1. The molecule has 1 aliphatic rings. The minimum absolute atomic E-state index is 0.565. The molecule has 0 bridgehead atoms. The van der Waals surface area contributed by atoms with E-state index in [1.54, 1.807) is 0 Å². The predicted octanol–water partition coefficient (Wildman–Crippen LogP) is 3.28. The summed E-state index contributed by atoms with van der Waals surface area (Å²) in [7, 11) is 0. The van der Waals surface area contributed by atoms with Crippen molar-refractivity contribution in [1.82, 2.24) is 4.90 Å². The van der Waals surface area contributed by atoms with Gasteiger partial charge >= 0.3 is 0 Å². The molecular formula is C16H24N2S. The fourth-order valence-corrected chi connectivity index (χ4v) is 3.10. The second-order valence-corrected chi connectivity index (χ2v) is 6.01. The van der Waals surface area contributed by atoms with Gasteiger partial charge in [-0.2, -0.15) is 0 Å². The maximum Gasteiger partial charge on any atom is 0.0771 e. The molecule has 2 N–H and O–H groups in total. The van der Waals surface area contributed by atoms with Gasteiger partial charge in [0.15, 0.2) is 0 Å². The molecule has 1 aliphatic heterocycles. The number of thiocarbonyl (C=S) groups is 1. The van der Waals surface area contributed by atoms with Gasteiger partial charge in [0.25, 0.3) is 0 Å². The van der Waals surface area contributed by atoms with E-state index in [1.165, 1.54) is 43.4 Å². The van der Waals surface area contributed by atoms with Crippen molar-refractivity contribution >= 4 is 17.2 Å². The maximum absolute atomic E-state index is 5.57. The van der Waals surface area contributed by atoms with Gasteiger partial charge in [-0.15, -0.1) is 0 Å². The summed E-state index contributed by atoms with van der Waals surface area (Å²) < 4.78 is 0. The third-order valence-electron chi connectivity index (χ3n) is 4.01. The van der Waals surface area contributed by atoms with Crippen molar-refractivity contribution in [2.45, 2.75) is 51.6 Å². The molecule has 1 saturated heterocycles. The minimum atomic E-state index is 0.565. The third kappa shape index (κ3) is 4.29. The molecule has 0 radical (unpaired) electrons. The van der Waals surface area contributed by atoms with E-state index in [1.807, 2.05) is 0 Å². The van der Waals surface area contributed by atoms with E-state index in [9.17, 15) is 0 Å². The standard InChI is InChI=1S/C16H24N2S/c1-2-15-5-3-4-10-18(15)12-14-8-6-13(7-9-14)11-16(17)19/h6-9,15H,2-5,10-12H2,1H3,(H2,17,19). The monoisotopic (exact) mass is 276 g/mol. The summed E-state index contributed by atoms with van der Waals surface area (Å²) in [6.07, 6.45) is 6.06. The summed E-state index contributed by atoms with van der Waals surface area (Å²) in [6, 6.07) is 9.51. The van der Waals surface area contributed by atoms with Gasteiger partial charge in [-0.3, -0.25) is 4.90 Å². The summed E-state index contributed by atoms with van der Waals surface area (Å²) in [5.74, 6) is 0. The quantitative estimate of drug-likeness (QED) is 0.837. The van der Waals surface area contributed by atoms with Crippen LogP contribution in [0.5, 0.6) is 0 Å². The topological polar surface area (TPSA) is 29.3 Å². The average Bonchev–Trinajstić information content (AvgIpc) is 2.41. The molecule has 2 rings (SSSR count). The van der Waals surface area contributed by atoms with Crippen LogP contribution < -0.4 is 5.73 Å². The van der Waals surface area contributed by atoms with Gasteiger partial charge in [-0.05, 0) is 36.9 Å². The van der Waals surface area contributed by atoms with Gasteiger partial charge in [-0.1, -0.05) is 49.8 Å². The molecule has 1 atom stereocenters. The van der Waals surface area contributed by atoms with Crippen molar-refractivity contribution in [3.63, 3.8) is 0 Å². The van der Waals surface area contributed by atoms with Crippen LogP contribution in [0.1, 0.15) is 43.7 Å². The van der Waals surface area contributed by atoms with Crippen molar-refractivity contribution in [2.24, 2.45) is 5.73 Å². The molecule has 0 aliphatic carbocycles. The van der Waals surface area contributed by atoms with Crippen molar-refractivity contribution in [1.29, 1.82) is 0 Å². The lowest BCUT2D eigenvalue weighted by molar-refractivity contribution is 0.136. The van der Waals surface area contributed by atoms with Gasteiger partial charge in [0.1, 0.15) is 0 Å². The van der Waals surface area contributed by atoms with Gasteiger partial charge in [0, 0.05) is 19.0 Å². The highest BCUT2D eigenvalue weighted by Crippen LogP contribution is 2.21. The Kier molecular flexibility index (Phi) is 5.34. The van der Waals surface area contributed by atoms with E-state index in [-0.39, 0.29) is 0 Å². The molecule has 0 aromatic heterocycles. The third-order valence-corrected chi connectivity index (χ3v) is 4.15. The fraction of sp³-hybridized carbons (Fsp3) is 0.562. The predicted molar refractivity (Wildman–Crippen MR) is 85.3 cm³/mol. The molecular weight excluding hydrogens is 252 g/mol. The maximum atomic E-state index is 5.57. The summed E-state index contributed by atoms with van der Waals surface area (Å²) in [5, 5.41) is 0. The van der Waals surface area contributed by atoms with Crippen LogP contribution in [0.25, 0.3) is 0 Å². The Hall–Kier alpha value is -0.930. The van der Waals surface area contributed by atoms with Crippen molar-refractivity contribution in [2.75, 3.05) is 6.54 Å². The number of likely N-dealkylation sites (tertiary alicyclic amines) is 1. The first-order valence-corrected chi connectivity index (χ1v) is 7.70. The summed E-state index contributed by atoms with van der Waals surface area (Å²) in [4.78, 5) is 3.20. The Balaban J connectivity index is 1.96. The van der Waals surface area contributed by atoms with Gasteiger partial charge in [0.2, 0.25) is 0 Å². The van der Waals surface area contributed by atoms with Crippen molar-refractivity contribution < 1.29 is 0 Å². The van der Waals surface area contributed by atoms with Gasteiger partial charge in [0.05, 0.1) is 4.99 Å². The Morgan fingerprint density at radius 1 is 1.26 bits per heavy atom. The van der Waals surface area contributed by atoms with Crippen LogP contribution in [0, 0.1) is 0 Å². The van der Waals surface area contributed by atoms with Crippen LogP contribution in [0.3, 0.4) is 0 Å². The lowest BCUT2D eigenvalue weighted by atomic mass is 9.99. The molecule has 1 aromatic rings. The van der Waals surface area contributed by atoms with Crippen molar-refractivity contribution in [3.8, 4) is 0 Å². The Morgan fingerprint density at radius 2 is 1.95 bits per heavy atom. The van der Waals surface area contributed by atoms with Crippen LogP contribution >= 0.6 is 12.2 Å². The molecule has 0 spiro atoms. The van der Waals surface area contributed by atoms with Gasteiger partial charge in [-0.25, -0.2) is 0 Å². The number of rotatable bonds is 5. The van der Waals surface area contributed by atoms with Crippen LogP contribution in [0.15, 0.2) is 24.3 Å². The molecule has 0 amide bonds. The normalized spacial score (nSPS) is 20.4. The molecule has 1 unspecified atom stereocenters. The highest BCUT2D eigenvalue weighted by Gasteiger charge is 2.20. The van der Waals surface area contributed by atoms with Crippen LogP contribution in [0.2, 0.25) is 0 Å². The molecule has 1 fully saturated rings. The zero-order valence-corrected chi connectivity index (χ0v) is 12.6. The number of piperidine rings is 1. The molecule has 19 heavy (non-hydrogen) atoms. The number of benzene rings is 1. The Labute approximate surface area is 122 Å². The lowest BCUT2D eigenvalue weighted by Gasteiger charge is -2.35. The summed E-state index contributed by atoms with van der Waals surface area (Å²) >= 11 is 4.94. The highest BCUT2D eigenvalue weighted by atomic mass is 32.1. The molecule has 0 saturated carbocycles. The lowest BCUT2D eigenvalue weighted by Crippen LogP contribution is -2.38. The van der Waals surface area contributed by atoms with E-state index in [2.05, 4.69) is 36.1 Å². The van der Waals surface area contributed by atoms with Crippen LogP contribution in [0.4, 0.5) is 0 Å².